The number of likely N-dealkylation sites (tertiary alicyclic amines) is 1. The third kappa shape index (κ3) is 8.72. The van der Waals surface area contributed by atoms with Crippen LogP contribution in [-0.2, 0) is 29.1 Å². The highest BCUT2D eigenvalue weighted by atomic mass is 35.5. The van der Waals surface area contributed by atoms with E-state index in [0.29, 0.717) is 65.2 Å². The van der Waals surface area contributed by atoms with Crippen LogP contribution >= 0.6 is 23.2 Å². The van der Waals surface area contributed by atoms with Crippen LogP contribution in [0.3, 0.4) is 0 Å². The Bertz CT molecular complexity index is 1280. The first-order valence-corrected chi connectivity index (χ1v) is 16.5. The number of urea groups is 1. The minimum absolute atomic E-state index is 0.0770. The van der Waals surface area contributed by atoms with Crippen molar-refractivity contribution in [2.75, 3.05) is 52.5 Å². The molecule has 0 saturated carbocycles. The summed E-state index contributed by atoms with van der Waals surface area (Å²) in [6, 6.07) is 1.29. The van der Waals surface area contributed by atoms with E-state index in [1.807, 2.05) is 0 Å². The molecule has 3 saturated heterocycles. The van der Waals surface area contributed by atoms with Crippen LogP contribution in [0, 0.1) is 5.92 Å². The van der Waals surface area contributed by atoms with Gasteiger partial charge < -0.3 is 30.3 Å². The smallest absolute Gasteiger partial charge is 0.326 e. The van der Waals surface area contributed by atoms with Gasteiger partial charge in [-0.15, -0.1) is 0 Å². The zero-order valence-electron chi connectivity index (χ0n) is 23.7. The lowest BCUT2D eigenvalue weighted by molar-refractivity contribution is -0.143. The summed E-state index contributed by atoms with van der Waals surface area (Å²) < 4.78 is 32.8. The zero-order chi connectivity index (χ0) is 31.1. The second-order valence-electron chi connectivity index (χ2n) is 10.9. The number of hydrogen-bond acceptors (Lipinski definition) is 7. The van der Waals surface area contributed by atoms with E-state index >= 15 is 0 Å². The highest BCUT2D eigenvalue weighted by molar-refractivity contribution is 7.89. The number of sulfonamides is 1. The molecule has 0 radical (unpaired) electrons. The molecule has 3 aliphatic heterocycles. The van der Waals surface area contributed by atoms with Crippen molar-refractivity contribution in [3.05, 3.63) is 28.2 Å². The molecule has 43 heavy (non-hydrogen) atoms. The van der Waals surface area contributed by atoms with Crippen molar-refractivity contribution >= 4 is 57.0 Å². The summed E-state index contributed by atoms with van der Waals surface area (Å²) >= 11 is 12.0. The van der Waals surface area contributed by atoms with Crippen molar-refractivity contribution in [2.45, 2.75) is 55.5 Å². The second-order valence-corrected chi connectivity index (χ2v) is 13.7. The van der Waals surface area contributed by atoms with E-state index < -0.39 is 34.0 Å². The minimum Gasteiger partial charge on any atom is -0.480 e. The average Bonchev–Trinajstić information content (AvgIpc) is 3.49. The van der Waals surface area contributed by atoms with Crippen molar-refractivity contribution in [3.8, 4) is 0 Å². The van der Waals surface area contributed by atoms with Crippen molar-refractivity contribution in [1.29, 1.82) is 0 Å². The lowest BCUT2D eigenvalue weighted by Gasteiger charge is -2.33. The lowest BCUT2D eigenvalue weighted by atomic mass is 9.96. The highest BCUT2D eigenvalue weighted by Crippen LogP contribution is 2.30. The number of piperidine rings is 1. The summed E-state index contributed by atoms with van der Waals surface area (Å²) in [6.07, 6.45) is 1.81. The number of ether oxygens (including phenoxy) is 1. The molecule has 13 nitrogen and oxygen atoms in total. The summed E-state index contributed by atoms with van der Waals surface area (Å²) in [4.78, 5) is 53.5. The monoisotopic (exact) mass is 661 g/mol. The maximum Gasteiger partial charge on any atom is 0.326 e. The molecule has 1 aromatic carbocycles. The molecule has 238 valence electrons. The largest absolute Gasteiger partial charge is 0.480 e. The second kappa shape index (κ2) is 14.9. The Morgan fingerprint density at radius 1 is 0.953 bits per heavy atom. The first kappa shape index (κ1) is 33.2. The molecule has 1 aromatic rings. The molecule has 4 amide bonds. The van der Waals surface area contributed by atoms with Crippen LogP contribution < -0.4 is 10.6 Å². The van der Waals surface area contributed by atoms with Gasteiger partial charge in [-0.2, -0.15) is 4.31 Å². The number of rotatable bonds is 10. The van der Waals surface area contributed by atoms with Gasteiger partial charge in [-0.25, -0.2) is 18.0 Å². The number of aliphatic carboxylic acids is 1. The quantitative estimate of drug-likeness (QED) is 0.341. The number of carboxylic acid groups (broad SMARTS) is 1. The number of hydrogen-bond donors (Lipinski definition) is 3. The number of carboxylic acids is 1. The summed E-state index contributed by atoms with van der Waals surface area (Å²) in [7, 11) is -4.13. The van der Waals surface area contributed by atoms with Gasteiger partial charge in [0, 0.05) is 55.7 Å². The number of morpholine rings is 1. The fourth-order valence-electron chi connectivity index (χ4n) is 5.55. The van der Waals surface area contributed by atoms with Crippen molar-refractivity contribution in [3.63, 3.8) is 0 Å². The molecular weight excluding hydrogens is 625 g/mol. The Morgan fingerprint density at radius 3 is 2.23 bits per heavy atom. The fourth-order valence-corrected chi connectivity index (χ4v) is 7.93. The van der Waals surface area contributed by atoms with Gasteiger partial charge in [-0.1, -0.05) is 23.2 Å². The Labute approximate surface area is 260 Å². The average molecular weight is 663 g/mol. The summed E-state index contributed by atoms with van der Waals surface area (Å²) in [5, 5.41) is 15.4. The first-order valence-electron chi connectivity index (χ1n) is 14.3. The number of amides is 4. The van der Waals surface area contributed by atoms with E-state index in [1.165, 1.54) is 18.2 Å². The summed E-state index contributed by atoms with van der Waals surface area (Å²) in [5.74, 6) is -2.05. The van der Waals surface area contributed by atoms with Crippen LogP contribution in [0.1, 0.15) is 38.5 Å². The SMILES string of the molecule is O=C(O)[C@H](CCC(=O)N1CCC(CNC(=O)N2CCOCC2)CC1)NC(=O)[C@H]1CCCN1S(=O)(=O)c1cc(Cl)cc(Cl)c1. The van der Waals surface area contributed by atoms with E-state index in [4.69, 9.17) is 27.9 Å². The molecule has 0 bridgehead atoms. The normalized spacial score (nSPS) is 20.9. The van der Waals surface area contributed by atoms with Crippen LogP contribution in [0.15, 0.2) is 23.1 Å². The molecule has 0 unspecified atom stereocenters. The number of halogens is 2. The van der Waals surface area contributed by atoms with Crippen LogP contribution in [-0.4, -0.2) is 116 Å². The van der Waals surface area contributed by atoms with E-state index in [2.05, 4.69) is 10.6 Å². The van der Waals surface area contributed by atoms with Gasteiger partial charge in [0.2, 0.25) is 21.8 Å². The van der Waals surface area contributed by atoms with Crippen LogP contribution in [0.5, 0.6) is 0 Å². The third-order valence-corrected chi connectivity index (χ3v) is 10.3. The molecule has 4 rings (SSSR count). The first-order chi connectivity index (χ1) is 20.5. The molecule has 3 aliphatic rings. The fraction of sp³-hybridized carbons (Fsp3) is 0.630. The summed E-state index contributed by atoms with van der Waals surface area (Å²) in [6.45, 7) is 3.76. The Hall–Kier alpha value is -2.65. The van der Waals surface area contributed by atoms with E-state index in [1.54, 1.807) is 9.80 Å². The van der Waals surface area contributed by atoms with Crippen LogP contribution in [0.4, 0.5) is 4.79 Å². The molecule has 3 N–H and O–H groups in total. The predicted octanol–water partition coefficient (Wildman–Crippen LogP) is 1.78. The van der Waals surface area contributed by atoms with E-state index in [0.717, 1.165) is 4.31 Å². The van der Waals surface area contributed by atoms with Gasteiger partial charge >= 0.3 is 12.0 Å². The Balaban J connectivity index is 1.25. The minimum atomic E-state index is -4.13. The maximum atomic E-state index is 13.3. The number of carbonyl (C=O) groups is 4. The van der Waals surface area contributed by atoms with Gasteiger partial charge in [0.15, 0.2) is 0 Å². The van der Waals surface area contributed by atoms with E-state index in [9.17, 15) is 32.7 Å². The highest BCUT2D eigenvalue weighted by Gasteiger charge is 2.41. The molecule has 2 atom stereocenters. The molecule has 3 heterocycles. The number of benzene rings is 1. The molecular formula is C27H37Cl2N5O8S. The van der Waals surface area contributed by atoms with Crippen molar-refractivity contribution in [1.82, 2.24) is 24.7 Å². The molecule has 0 spiro atoms. The molecule has 0 aliphatic carbocycles. The van der Waals surface area contributed by atoms with Gasteiger partial charge in [0.05, 0.1) is 18.1 Å². The zero-order valence-corrected chi connectivity index (χ0v) is 26.0. The van der Waals surface area contributed by atoms with Crippen LogP contribution in [0.2, 0.25) is 10.0 Å². The third-order valence-electron chi connectivity index (χ3n) is 8.02. The van der Waals surface area contributed by atoms with Crippen molar-refractivity contribution < 1.29 is 37.4 Å². The number of carbonyl (C=O) groups excluding carboxylic acids is 3. The molecule has 3 fully saturated rings. The topological polar surface area (TPSA) is 166 Å². The predicted molar refractivity (Wildman–Crippen MR) is 157 cm³/mol. The number of nitrogens with one attached hydrogen (secondary N) is 2. The van der Waals surface area contributed by atoms with Gasteiger partial charge in [-0.3, -0.25) is 9.59 Å². The Kier molecular flexibility index (Phi) is 11.5. The van der Waals surface area contributed by atoms with Crippen molar-refractivity contribution in [2.24, 2.45) is 5.92 Å². The van der Waals surface area contributed by atoms with Gasteiger partial charge in [0.25, 0.3) is 0 Å². The standard InChI is InChI=1S/C27H37Cl2N5O8S/c28-19-14-20(29)16-21(15-19)43(40,41)34-7-1-2-23(34)25(36)31-22(26(37)38)3-4-24(35)32-8-5-18(6-9-32)17-30-27(39)33-10-12-42-13-11-33/h14-16,18,22-23H,1-13,17H2,(H,30,39)(H,31,36)(H,37,38)/t22-,23+/m0/s1. The van der Waals surface area contributed by atoms with E-state index in [-0.39, 0.29) is 58.6 Å². The van der Waals surface area contributed by atoms with Gasteiger partial charge in [0.1, 0.15) is 12.1 Å². The molecule has 0 aromatic heterocycles. The maximum absolute atomic E-state index is 13.3. The van der Waals surface area contributed by atoms with Gasteiger partial charge in [-0.05, 0) is 56.2 Å². The number of nitrogens with zero attached hydrogens (tertiary/aromatic N) is 3. The Morgan fingerprint density at radius 2 is 1.60 bits per heavy atom. The molecule has 16 heteroatoms. The lowest BCUT2D eigenvalue weighted by Crippen LogP contribution is -2.51. The van der Waals surface area contributed by atoms with Crippen LogP contribution in [0.25, 0.3) is 0 Å². The summed E-state index contributed by atoms with van der Waals surface area (Å²) in [5.41, 5.74) is 0.